The maximum absolute atomic E-state index is 6.27. The number of rotatable bonds is 10. The second-order valence-corrected chi connectivity index (χ2v) is 19.6. The maximum atomic E-state index is 6.27. The second-order valence-electron chi connectivity index (χ2n) is 6.74. The minimum atomic E-state index is -2.41. The standard InChI is InChI=1S/C8H5O.3C4H9.Sn/c1-2-4-8-6-9-5-7(8)3-1;3*1-3-4-2;/h1-5H;3*1,3-4H2,2H3;. The molecule has 0 radical (unpaired) electrons. The topological polar surface area (TPSA) is 13.1 Å². The van der Waals surface area contributed by atoms with E-state index < -0.39 is 18.4 Å². The molecule has 122 valence electrons. The van der Waals surface area contributed by atoms with Crippen molar-refractivity contribution in [1.29, 1.82) is 0 Å². The summed E-state index contributed by atoms with van der Waals surface area (Å²) in [5.74, 6) is 0. The Morgan fingerprint density at radius 2 is 1.36 bits per heavy atom. The normalized spacial score (nSPS) is 12.1. The molecule has 0 aliphatic rings. The van der Waals surface area contributed by atoms with Crippen LogP contribution in [0.1, 0.15) is 59.3 Å². The average molecular weight is 407 g/mol. The predicted octanol–water partition coefficient (Wildman–Crippen LogP) is 6.49. The molecule has 0 saturated carbocycles. The Bertz CT molecular complexity index is 536. The zero-order valence-corrected chi connectivity index (χ0v) is 17.5. The fourth-order valence-corrected chi connectivity index (χ4v) is 19.7. The van der Waals surface area contributed by atoms with Crippen molar-refractivity contribution in [2.45, 2.75) is 72.6 Å². The fourth-order valence-electron chi connectivity index (χ4n) is 3.66. The van der Waals surface area contributed by atoms with Gasteiger partial charge in [-0.3, -0.25) is 0 Å². The van der Waals surface area contributed by atoms with Gasteiger partial charge < -0.3 is 0 Å². The van der Waals surface area contributed by atoms with Crippen LogP contribution >= 0.6 is 0 Å². The molecule has 0 bridgehead atoms. The van der Waals surface area contributed by atoms with E-state index in [9.17, 15) is 0 Å². The van der Waals surface area contributed by atoms with E-state index in [1.54, 1.807) is 0 Å². The second kappa shape index (κ2) is 9.00. The molecule has 2 heteroatoms. The Labute approximate surface area is 140 Å². The number of fused-ring (bicyclic) bond motifs is 1. The van der Waals surface area contributed by atoms with E-state index in [1.165, 1.54) is 66.4 Å². The molecule has 0 fully saturated rings. The van der Waals surface area contributed by atoms with Gasteiger partial charge in [-0.25, -0.2) is 0 Å². The molecule has 0 atom stereocenters. The van der Waals surface area contributed by atoms with E-state index in [0.717, 1.165) is 0 Å². The van der Waals surface area contributed by atoms with Gasteiger partial charge in [0.05, 0.1) is 0 Å². The van der Waals surface area contributed by atoms with E-state index in [4.69, 9.17) is 4.42 Å². The van der Waals surface area contributed by atoms with Crippen LogP contribution in [0.4, 0.5) is 0 Å². The zero-order valence-electron chi connectivity index (χ0n) is 14.7. The summed E-state index contributed by atoms with van der Waals surface area (Å²) in [6.45, 7) is 6.99. The molecule has 0 aliphatic heterocycles. The van der Waals surface area contributed by atoms with Gasteiger partial charge in [0, 0.05) is 0 Å². The Balaban J connectivity index is 2.42. The summed E-state index contributed by atoms with van der Waals surface area (Å²) in [7, 11) is 0. The van der Waals surface area contributed by atoms with Crippen LogP contribution in [0.15, 0.2) is 34.9 Å². The van der Waals surface area contributed by atoms with Gasteiger partial charge in [-0.05, 0) is 0 Å². The molecule has 22 heavy (non-hydrogen) atoms. The van der Waals surface area contributed by atoms with Gasteiger partial charge in [-0.2, -0.15) is 0 Å². The first-order chi connectivity index (χ1) is 10.8. The van der Waals surface area contributed by atoms with Crippen molar-refractivity contribution in [3.63, 3.8) is 0 Å². The Kier molecular flexibility index (Phi) is 7.33. The first-order valence-corrected chi connectivity index (χ1v) is 16.7. The van der Waals surface area contributed by atoms with Crippen molar-refractivity contribution in [1.82, 2.24) is 0 Å². The summed E-state index contributed by atoms with van der Waals surface area (Å²) in [5, 5.41) is 2.74. The Morgan fingerprint density at radius 1 is 0.818 bits per heavy atom. The molecule has 1 heterocycles. The first kappa shape index (κ1) is 17.9. The van der Waals surface area contributed by atoms with Gasteiger partial charge in [-0.1, -0.05) is 0 Å². The third-order valence-electron chi connectivity index (χ3n) is 5.02. The van der Waals surface area contributed by atoms with Crippen LogP contribution in [0.3, 0.4) is 0 Å². The molecule has 1 aromatic heterocycles. The van der Waals surface area contributed by atoms with Crippen LogP contribution < -0.4 is 3.78 Å². The molecule has 1 aromatic carbocycles. The van der Waals surface area contributed by atoms with Crippen LogP contribution in [-0.4, -0.2) is 18.4 Å². The molecule has 0 spiro atoms. The van der Waals surface area contributed by atoms with E-state index in [2.05, 4.69) is 45.0 Å². The van der Waals surface area contributed by atoms with Crippen LogP contribution in [0.5, 0.6) is 0 Å². The van der Waals surface area contributed by atoms with Gasteiger partial charge in [0.25, 0.3) is 0 Å². The number of unbranched alkanes of at least 4 members (excludes halogenated alkanes) is 3. The molecule has 2 aromatic rings. The Morgan fingerprint density at radius 3 is 1.91 bits per heavy atom. The minimum absolute atomic E-state index is 1.31. The summed E-state index contributed by atoms with van der Waals surface area (Å²) in [6.07, 6.45) is 10.1. The molecular weight excluding hydrogens is 375 g/mol. The SMILES string of the molecule is CCC[CH2][Sn]([CH2]CCC)([CH2]CCC)[c]1occ2ccccc12. The van der Waals surface area contributed by atoms with Crippen LogP contribution in [0.2, 0.25) is 13.3 Å². The van der Waals surface area contributed by atoms with E-state index in [-0.39, 0.29) is 0 Å². The number of furan rings is 1. The monoisotopic (exact) mass is 408 g/mol. The van der Waals surface area contributed by atoms with Crippen molar-refractivity contribution in [3.05, 3.63) is 30.5 Å². The molecule has 0 N–H and O–H groups in total. The molecule has 0 amide bonds. The summed E-state index contributed by atoms with van der Waals surface area (Å²) < 4.78 is 12.2. The summed E-state index contributed by atoms with van der Waals surface area (Å²) in [6, 6.07) is 8.81. The first-order valence-electron chi connectivity index (χ1n) is 9.24. The van der Waals surface area contributed by atoms with Crippen molar-refractivity contribution in [2.24, 2.45) is 0 Å². The summed E-state index contributed by atoms with van der Waals surface area (Å²) >= 11 is -2.41. The number of benzene rings is 1. The van der Waals surface area contributed by atoms with Gasteiger partial charge in [0.1, 0.15) is 0 Å². The third kappa shape index (κ3) is 4.10. The average Bonchev–Trinajstić information content (AvgIpc) is 2.99. The molecule has 0 aliphatic carbocycles. The number of hydrogen-bond donors (Lipinski definition) is 0. The van der Waals surface area contributed by atoms with Gasteiger partial charge >= 0.3 is 140 Å². The van der Waals surface area contributed by atoms with Gasteiger partial charge in [-0.15, -0.1) is 0 Å². The molecule has 1 nitrogen and oxygen atoms in total. The van der Waals surface area contributed by atoms with Crippen molar-refractivity contribution < 1.29 is 4.42 Å². The zero-order chi connectivity index (χ0) is 15.8. The van der Waals surface area contributed by atoms with Gasteiger partial charge in [0.2, 0.25) is 0 Å². The van der Waals surface area contributed by atoms with Crippen LogP contribution in [-0.2, 0) is 0 Å². The summed E-state index contributed by atoms with van der Waals surface area (Å²) in [4.78, 5) is 0. The molecule has 0 unspecified atom stereocenters. The van der Waals surface area contributed by atoms with Crippen LogP contribution in [0.25, 0.3) is 10.8 Å². The summed E-state index contributed by atoms with van der Waals surface area (Å²) in [5.41, 5.74) is 0. The molecular formula is C20H32OSn. The van der Waals surface area contributed by atoms with Crippen molar-refractivity contribution in [2.75, 3.05) is 0 Å². The van der Waals surface area contributed by atoms with Crippen molar-refractivity contribution in [3.8, 4) is 0 Å². The predicted molar refractivity (Wildman–Crippen MR) is 101 cm³/mol. The van der Waals surface area contributed by atoms with E-state index in [0.29, 0.717) is 0 Å². The molecule has 2 rings (SSSR count). The Hall–Kier alpha value is -0.441. The van der Waals surface area contributed by atoms with Crippen LogP contribution in [0, 0.1) is 0 Å². The molecule has 0 saturated heterocycles. The van der Waals surface area contributed by atoms with Crippen molar-refractivity contribution >= 4 is 32.9 Å². The fraction of sp³-hybridized carbons (Fsp3) is 0.600. The van der Waals surface area contributed by atoms with E-state index in [1.807, 2.05) is 6.26 Å². The van der Waals surface area contributed by atoms with Gasteiger partial charge in [0.15, 0.2) is 0 Å². The van der Waals surface area contributed by atoms with E-state index >= 15 is 0 Å². The number of hydrogen-bond acceptors (Lipinski definition) is 1. The third-order valence-corrected chi connectivity index (χ3v) is 20.1. The quantitative estimate of drug-likeness (QED) is 0.411.